The molecule has 6 nitrogen and oxygen atoms in total. The van der Waals surface area contributed by atoms with Crippen molar-refractivity contribution in [3.8, 4) is 5.75 Å². The van der Waals surface area contributed by atoms with Gasteiger partial charge < -0.3 is 14.7 Å². The summed E-state index contributed by atoms with van der Waals surface area (Å²) in [6, 6.07) is 7.94. The summed E-state index contributed by atoms with van der Waals surface area (Å²) in [4.78, 5) is 27.7. The van der Waals surface area contributed by atoms with Crippen LogP contribution in [0.2, 0.25) is 0 Å². The average Bonchev–Trinajstić information content (AvgIpc) is 2.83. The molecule has 24 heavy (non-hydrogen) atoms. The van der Waals surface area contributed by atoms with Gasteiger partial charge in [-0.1, -0.05) is 18.2 Å². The van der Waals surface area contributed by atoms with Gasteiger partial charge in [0.15, 0.2) is 0 Å². The lowest BCUT2D eigenvalue weighted by molar-refractivity contribution is -0.146. The molecular weight excluding hydrogens is 308 g/mol. The summed E-state index contributed by atoms with van der Waals surface area (Å²) in [6.45, 7) is 2.33. The summed E-state index contributed by atoms with van der Waals surface area (Å²) < 4.78 is 5.40. The number of piperidine rings is 1. The Morgan fingerprint density at radius 2 is 2.00 bits per heavy atom. The quantitative estimate of drug-likeness (QED) is 0.907. The minimum Gasteiger partial charge on any atom is -0.496 e. The molecule has 2 aliphatic heterocycles. The number of hydrogen-bond acceptors (Lipinski definition) is 4. The number of ether oxygens (including phenoxy) is 1. The van der Waals surface area contributed by atoms with Crippen molar-refractivity contribution in [2.24, 2.45) is 5.92 Å². The normalized spacial score (nSPS) is 23.7. The fourth-order valence-corrected chi connectivity index (χ4v) is 4.16. The van der Waals surface area contributed by atoms with Crippen LogP contribution in [-0.2, 0) is 16.1 Å². The molecule has 1 atom stereocenters. The molecule has 1 aromatic rings. The number of hydrogen-bond donors (Lipinski definition) is 1. The second-order valence-corrected chi connectivity index (χ2v) is 6.74. The number of amides is 1. The van der Waals surface area contributed by atoms with Crippen LogP contribution < -0.4 is 4.74 Å². The number of para-hydroxylation sites is 1. The summed E-state index contributed by atoms with van der Waals surface area (Å²) in [6.07, 6.45) is 1.51. The highest BCUT2D eigenvalue weighted by atomic mass is 16.5. The van der Waals surface area contributed by atoms with Crippen LogP contribution in [0.3, 0.4) is 0 Å². The number of benzene rings is 1. The van der Waals surface area contributed by atoms with Crippen molar-refractivity contribution in [3.05, 3.63) is 29.8 Å². The Morgan fingerprint density at radius 1 is 1.33 bits per heavy atom. The predicted molar refractivity (Wildman–Crippen MR) is 88.7 cm³/mol. The molecule has 3 rings (SSSR count). The third-order valence-electron chi connectivity index (χ3n) is 5.68. The van der Waals surface area contributed by atoms with Crippen molar-refractivity contribution >= 4 is 11.9 Å². The van der Waals surface area contributed by atoms with Crippen LogP contribution in [0.4, 0.5) is 0 Å². The largest absolute Gasteiger partial charge is 0.496 e. The third-order valence-corrected chi connectivity index (χ3v) is 5.68. The molecule has 1 N–H and O–H groups in total. The monoisotopic (exact) mass is 332 g/mol. The van der Waals surface area contributed by atoms with Gasteiger partial charge in [0, 0.05) is 38.7 Å². The molecule has 0 bridgehead atoms. The Balaban J connectivity index is 1.71. The molecule has 2 fully saturated rings. The van der Waals surface area contributed by atoms with Gasteiger partial charge in [0.25, 0.3) is 0 Å². The zero-order chi connectivity index (χ0) is 17.3. The number of nitrogens with zero attached hydrogens (tertiary/aromatic N) is 2. The van der Waals surface area contributed by atoms with E-state index in [1.165, 1.54) is 0 Å². The third kappa shape index (κ3) is 2.75. The van der Waals surface area contributed by atoms with Crippen LogP contribution in [0.25, 0.3) is 0 Å². The molecule has 0 radical (unpaired) electrons. The van der Waals surface area contributed by atoms with Gasteiger partial charge in [0.05, 0.1) is 18.6 Å². The summed E-state index contributed by atoms with van der Waals surface area (Å²) >= 11 is 0. The minimum atomic E-state index is -0.856. The molecule has 1 spiro atoms. The number of aliphatic carboxylic acids is 1. The molecule has 0 aromatic heterocycles. The summed E-state index contributed by atoms with van der Waals surface area (Å²) in [7, 11) is 3.42. The van der Waals surface area contributed by atoms with E-state index in [9.17, 15) is 14.7 Å². The van der Waals surface area contributed by atoms with E-state index < -0.39 is 17.4 Å². The van der Waals surface area contributed by atoms with Crippen LogP contribution in [0.15, 0.2) is 24.3 Å². The van der Waals surface area contributed by atoms with E-state index >= 15 is 0 Å². The lowest BCUT2D eigenvalue weighted by Crippen LogP contribution is -2.55. The maximum absolute atomic E-state index is 12.1. The smallest absolute Gasteiger partial charge is 0.309 e. The van der Waals surface area contributed by atoms with E-state index in [0.717, 1.165) is 30.9 Å². The molecule has 130 valence electrons. The van der Waals surface area contributed by atoms with Crippen molar-refractivity contribution < 1.29 is 19.4 Å². The highest BCUT2D eigenvalue weighted by Gasteiger charge is 2.55. The van der Waals surface area contributed by atoms with Crippen molar-refractivity contribution in [2.45, 2.75) is 31.3 Å². The van der Waals surface area contributed by atoms with Crippen molar-refractivity contribution in [1.29, 1.82) is 0 Å². The average molecular weight is 332 g/mol. The van der Waals surface area contributed by atoms with Gasteiger partial charge >= 0.3 is 5.97 Å². The molecule has 2 saturated heterocycles. The Labute approximate surface area is 142 Å². The Kier molecular flexibility index (Phi) is 4.49. The Bertz CT molecular complexity index is 638. The lowest BCUT2D eigenvalue weighted by atomic mass is 9.77. The van der Waals surface area contributed by atoms with Crippen molar-refractivity contribution in [3.63, 3.8) is 0 Å². The van der Waals surface area contributed by atoms with Gasteiger partial charge in [0.2, 0.25) is 5.91 Å². The molecule has 2 aliphatic rings. The first-order valence-corrected chi connectivity index (χ1v) is 8.31. The van der Waals surface area contributed by atoms with Gasteiger partial charge in [-0.3, -0.25) is 14.5 Å². The molecule has 0 aliphatic carbocycles. The minimum absolute atomic E-state index is 0.0550. The van der Waals surface area contributed by atoms with Crippen LogP contribution >= 0.6 is 0 Å². The van der Waals surface area contributed by atoms with Crippen LogP contribution in [0.5, 0.6) is 5.75 Å². The van der Waals surface area contributed by atoms with Crippen LogP contribution in [-0.4, -0.2) is 59.6 Å². The molecule has 1 unspecified atom stereocenters. The number of carbonyl (C=O) groups excluding carboxylic acids is 1. The zero-order valence-electron chi connectivity index (χ0n) is 14.2. The van der Waals surface area contributed by atoms with E-state index in [4.69, 9.17) is 4.74 Å². The number of carboxylic acids is 1. The van der Waals surface area contributed by atoms with E-state index in [-0.39, 0.29) is 12.3 Å². The van der Waals surface area contributed by atoms with E-state index in [0.29, 0.717) is 12.8 Å². The van der Waals surface area contributed by atoms with Gasteiger partial charge in [-0.15, -0.1) is 0 Å². The summed E-state index contributed by atoms with van der Waals surface area (Å²) in [5.41, 5.74) is 0.599. The second kappa shape index (κ2) is 6.43. The van der Waals surface area contributed by atoms with E-state index in [1.807, 2.05) is 18.2 Å². The fraction of sp³-hybridized carbons (Fsp3) is 0.556. The number of carbonyl (C=O) groups is 2. The van der Waals surface area contributed by atoms with Gasteiger partial charge in [-0.05, 0) is 18.9 Å². The highest BCUT2D eigenvalue weighted by Crippen LogP contribution is 2.43. The van der Waals surface area contributed by atoms with E-state index in [1.54, 1.807) is 19.1 Å². The van der Waals surface area contributed by atoms with Gasteiger partial charge in [0.1, 0.15) is 5.75 Å². The molecule has 0 saturated carbocycles. The molecular formula is C18H24N2O4. The fourth-order valence-electron chi connectivity index (χ4n) is 4.16. The lowest BCUT2D eigenvalue weighted by Gasteiger charge is -2.45. The molecule has 1 amide bonds. The van der Waals surface area contributed by atoms with E-state index in [2.05, 4.69) is 11.0 Å². The first-order chi connectivity index (χ1) is 11.5. The number of methoxy groups -OCH3 is 1. The first kappa shape index (κ1) is 16.8. The van der Waals surface area contributed by atoms with Gasteiger partial charge in [-0.2, -0.15) is 0 Å². The first-order valence-electron chi connectivity index (χ1n) is 8.31. The second-order valence-electron chi connectivity index (χ2n) is 6.74. The summed E-state index contributed by atoms with van der Waals surface area (Å²) in [5, 5.41) is 9.53. The highest BCUT2D eigenvalue weighted by molar-refractivity contribution is 5.88. The standard InChI is InChI=1S/C18H24N2O4/c1-19-16(21)11-14(17(22)23)18(19)7-9-20(10-8-18)12-13-5-3-4-6-15(13)24-2/h3-6,14H,7-12H2,1-2H3,(H,22,23). The SMILES string of the molecule is COc1ccccc1CN1CCC2(CC1)C(C(=O)O)CC(=O)N2C. The zero-order valence-corrected chi connectivity index (χ0v) is 14.2. The van der Waals surface area contributed by atoms with Crippen molar-refractivity contribution in [2.75, 3.05) is 27.2 Å². The number of likely N-dealkylation sites (tertiary alicyclic amines) is 2. The maximum atomic E-state index is 12.1. The molecule has 2 heterocycles. The van der Waals surface area contributed by atoms with Gasteiger partial charge in [-0.25, -0.2) is 0 Å². The topological polar surface area (TPSA) is 70.1 Å². The van der Waals surface area contributed by atoms with Crippen LogP contribution in [0.1, 0.15) is 24.8 Å². The number of rotatable bonds is 4. The predicted octanol–water partition coefficient (Wildman–Crippen LogP) is 1.59. The van der Waals surface area contributed by atoms with Crippen molar-refractivity contribution in [1.82, 2.24) is 9.80 Å². The summed E-state index contributed by atoms with van der Waals surface area (Å²) in [5.74, 6) is -0.635. The number of carboxylic acid groups (broad SMARTS) is 1. The maximum Gasteiger partial charge on any atom is 0.309 e. The van der Waals surface area contributed by atoms with Crippen LogP contribution in [0, 0.1) is 5.92 Å². The Hall–Kier alpha value is -2.08. The molecule has 1 aromatic carbocycles. The Morgan fingerprint density at radius 3 is 2.62 bits per heavy atom. The molecule has 6 heteroatoms.